The summed E-state index contributed by atoms with van der Waals surface area (Å²) in [6.07, 6.45) is 2.69. The number of benzene rings is 1. The smallest absolute Gasteiger partial charge is 0.244 e. The van der Waals surface area contributed by atoms with Gasteiger partial charge in [-0.3, -0.25) is 4.79 Å². The molecule has 1 aliphatic heterocycles. The van der Waals surface area contributed by atoms with E-state index in [0.29, 0.717) is 19.5 Å². The van der Waals surface area contributed by atoms with Gasteiger partial charge in [-0.05, 0) is 37.5 Å². The standard InChI is InChI=1S/C16H24ClN3O3S.ClH/c1-12-5-6-15(14(17)10-12)24(22,23)20-9-3-2-4-13(20)11-19-16(21)7-8-18;/h5-6,10,13H,2-4,7-9,11,18H2,1H3,(H,19,21);1H. The van der Waals surface area contributed by atoms with Crippen LogP contribution in [-0.4, -0.2) is 44.3 Å². The highest BCUT2D eigenvalue weighted by Crippen LogP contribution is 2.30. The first-order valence-electron chi connectivity index (χ1n) is 8.11. The van der Waals surface area contributed by atoms with Crippen LogP contribution >= 0.6 is 24.0 Å². The molecule has 1 saturated heterocycles. The summed E-state index contributed by atoms with van der Waals surface area (Å²) in [5.41, 5.74) is 6.26. The molecular weight excluding hydrogens is 385 g/mol. The van der Waals surface area contributed by atoms with Crippen LogP contribution in [0.1, 0.15) is 31.2 Å². The third kappa shape index (κ3) is 5.56. The molecule has 1 aliphatic rings. The molecule has 1 unspecified atom stereocenters. The number of rotatable bonds is 6. The molecule has 1 heterocycles. The van der Waals surface area contributed by atoms with E-state index in [1.165, 1.54) is 4.31 Å². The Morgan fingerprint density at radius 3 is 2.76 bits per heavy atom. The maximum absolute atomic E-state index is 13.0. The first kappa shape index (κ1) is 22.2. The average Bonchev–Trinajstić information content (AvgIpc) is 2.53. The number of sulfonamides is 1. The van der Waals surface area contributed by atoms with Gasteiger partial charge in [-0.2, -0.15) is 4.31 Å². The summed E-state index contributed by atoms with van der Waals surface area (Å²) >= 11 is 6.16. The lowest BCUT2D eigenvalue weighted by Gasteiger charge is -2.35. The van der Waals surface area contributed by atoms with Crippen LogP contribution in [-0.2, 0) is 14.8 Å². The molecule has 1 aromatic carbocycles. The Morgan fingerprint density at radius 2 is 2.12 bits per heavy atom. The molecule has 25 heavy (non-hydrogen) atoms. The van der Waals surface area contributed by atoms with Crippen molar-refractivity contribution >= 4 is 39.9 Å². The zero-order chi connectivity index (χ0) is 17.7. The molecule has 0 saturated carbocycles. The number of nitrogens with one attached hydrogen (secondary N) is 1. The summed E-state index contributed by atoms with van der Waals surface area (Å²) in [6, 6.07) is 4.67. The average molecular weight is 410 g/mol. The van der Waals surface area contributed by atoms with Crippen LogP contribution in [0.25, 0.3) is 0 Å². The Labute approximate surface area is 160 Å². The van der Waals surface area contributed by atoms with E-state index in [-0.39, 0.29) is 47.2 Å². The summed E-state index contributed by atoms with van der Waals surface area (Å²) in [5.74, 6) is -0.159. The molecule has 1 atom stereocenters. The number of halogens is 2. The zero-order valence-electron chi connectivity index (χ0n) is 14.2. The molecule has 9 heteroatoms. The lowest BCUT2D eigenvalue weighted by atomic mass is 10.1. The summed E-state index contributed by atoms with van der Waals surface area (Å²) in [7, 11) is -3.69. The Morgan fingerprint density at radius 1 is 1.40 bits per heavy atom. The summed E-state index contributed by atoms with van der Waals surface area (Å²) in [4.78, 5) is 11.7. The van der Waals surface area contributed by atoms with Crippen molar-refractivity contribution in [3.8, 4) is 0 Å². The summed E-state index contributed by atoms with van der Waals surface area (Å²) in [6.45, 7) is 2.86. The number of hydrogen-bond donors (Lipinski definition) is 2. The van der Waals surface area contributed by atoms with Gasteiger partial charge in [0.25, 0.3) is 0 Å². The minimum absolute atomic E-state index is 0. The quantitative estimate of drug-likeness (QED) is 0.751. The molecule has 0 aromatic heterocycles. The molecule has 0 spiro atoms. The highest BCUT2D eigenvalue weighted by molar-refractivity contribution is 7.89. The number of hydrogen-bond acceptors (Lipinski definition) is 4. The van der Waals surface area contributed by atoms with Gasteiger partial charge in [0.1, 0.15) is 4.90 Å². The van der Waals surface area contributed by atoms with Crippen molar-refractivity contribution in [3.05, 3.63) is 28.8 Å². The highest BCUT2D eigenvalue weighted by atomic mass is 35.5. The van der Waals surface area contributed by atoms with Crippen LogP contribution in [0, 0.1) is 6.92 Å². The van der Waals surface area contributed by atoms with E-state index < -0.39 is 10.0 Å². The molecule has 2 rings (SSSR count). The molecule has 6 nitrogen and oxygen atoms in total. The number of amides is 1. The normalized spacial score (nSPS) is 18.4. The monoisotopic (exact) mass is 409 g/mol. The van der Waals surface area contributed by atoms with E-state index >= 15 is 0 Å². The molecule has 3 N–H and O–H groups in total. The van der Waals surface area contributed by atoms with Crippen molar-refractivity contribution in [1.82, 2.24) is 9.62 Å². The molecule has 1 fully saturated rings. The summed E-state index contributed by atoms with van der Waals surface area (Å²) in [5, 5.41) is 3.00. The number of carbonyl (C=O) groups is 1. The van der Waals surface area contributed by atoms with Gasteiger partial charge in [-0.25, -0.2) is 8.42 Å². The molecule has 1 amide bonds. The Bertz CT molecular complexity index is 698. The first-order valence-corrected chi connectivity index (χ1v) is 9.93. The second-order valence-electron chi connectivity index (χ2n) is 6.04. The molecular formula is C16H25Cl2N3O3S. The summed E-state index contributed by atoms with van der Waals surface area (Å²) < 4.78 is 27.5. The fourth-order valence-corrected chi connectivity index (χ4v) is 5.15. The van der Waals surface area contributed by atoms with Gasteiger partial charge in [0, 0.05) is 32.1 Å². The number of carbonyl (C=O) groups excluding carboxylic acids is 1. The third-order valence-electron chi connectivity index (χ3n) is 4.15. The molecule has 0 bridgehead atoms. The van der Waals surface area contributed by atoms with Gasteiger partial charge in [0.2, 0.25) is 15.9 Å². The SMILES string of the molecule is Cc1ccc(S(=O)(=O)N2CCCCC2CNC(=O)CCN)c(Cl)c1.Cl. The van der Waals surface area contributed by atoms with Gasteiger partial charge in [-0.15, -0.1) is 12.4 Å². The fourth-order valence-electron chi connectivity index (χ4n) is 2.89. The lowest BCUT2D eigenvalue weighted by molar-refractivity contribution is -0.121. The predicted molar refractivity (Wildman–Crippen MR) is 102 cm³/mol. The van der Waals surface area contributed by atoms with E-state index in [1.54, 1.807) is 18.2 Å². The minimum atomic E-state index is -3.69. The Kier molecular flexibility index (Phi) is 8.63. The van der Waals surface area contributed by atoms with E-state index in [2.05, 4.69) is 5.32 Å². The number of piperidine rings is 1. The van der Waals surface area contributed by atoms with Crippen molar-refractivity contribution in [2.75, 3.05) is 19.6 Å². The topological polar surface area (TPSA) is 92.5 Å². The van der Waals surface area contributed by atoms with Gasteiger partial charge in [0.15, 0.2) is 0 Å². The maximum Gasteiger partial charge on any atom is 0.244 e. The van der Waals surface area contributed by atoms with E-state index in [9.17, 15) is 13.2 Å². The zero-order valence-corrected chi connectivity index (χ0v) is 16.6. The number of aryl methyl sites for hydroxylation is 1. The van der Waals surface area contributed by atoms with E-state index in [4.69, 9.17) is 17.3 Å². The lowest BCUT2D eigenvalue weighted by Crippen LogP contribution is -2.49. The van der Waals surface area contributed by atoms with Crippen LogP contribution in [0.15, 0.2) is 23.1 Å². The first-order chi connectivity index (χ1) is 11.4. The molecule has 0 aliphatic carbocycles. The van der Waals surface area contributed by atoms with Crippen molar-refractivity contribution in [2.45, 2.75) is 43.5 Å². The van der Waals surface area contributed by atoms with Crippen LogP contribution in [0.3, 0.4) is 0 Å². The second kappa shape index (κ2) is 9.73. The Balaban J connectivity index is 0.00000312. The minimum Gasteiger partial charge on any atom is -0.354 e. The van der Waals surface area contributed by atoms with E-state index in [1.807, 2.05) is 6.92 Å². The van der Waals surface area contributed by atoms with Crippen molar-refractivity contribution in [2.24, 2.45) is 5.73 Å². The van der Waals surface area contributed by atoms with Crippen LogP contribution in [0.2, 0.25) is 5.02 Å². The molecule has 142 valence electrons. The van der Waals surface area contributed by atoms with Gasteiger partial charge < -0.3 is 11.1 Å². The van der Waals surface area contributed by atoms with Crippen molar-refractivity contribution in [3.63, 3.8) is 0 Å². The van der Waals surface area contributed by atoms with Crippen LogP contribution in [0.5, 0.6) is 0 Å². The number of nitrogens with two attached hydrogens (primary N) is 1. The number of nitrogens with zero attached hydrogens (tertiary/aromatic N) is 1. The van der Waals surface area contributed by atoms with E-state index in [0.717, 1.165) is 18.4 Å². The second-order valence-corrected chi connectivity index (χ2v) is 8.31. The predicted octanol–water partition coefficient (Wildman–Crippen LogP) is 2.08. The van der Waals surface area contributed by atoms with Gasteiger partial charge >= 0.3 is 0 Å². The van der Waals surface area contributed by atoms with Crippen LogP contribution < -0.4 is 11.1 Å². The van der Waals surface area contributed by atoms with Gasteiger partial charge in [0.05, 0.1) is 5.02 Å². The largest absolute Gasteiger partial charge is 0.354 e. The fraction of sp³-hybridized carbons (Fsp3) is 0.562. The maximum atomic E-state index is 13.0. The molecule has 0 radical (unpaired) electrons. The van der Waals surface area contributed by atoms with Crippen molar-refractivity contribution in [1.29, 1.82) is 0 Å². The third-order valence-corrected chi connectivity index (χ3v) is 6.59. The van der Waals surface area contributed by atoms with Crippen molar-refractivity contribution < 1.29 is 13.2 Å². The van der Waals surface area contributed by atoms with Gasteiger partial charge in [-0.1, -0.05) is 24.1 Å². The molecule has 1 aromatic rings. The Hall–Kier alpha value is -0.860. The highest BCUT2D eigenvalue weighted by Gasteiger charge is 2.34. The van der Waals surface area contributed by atoms with Crippen LogP contribution in [0.4, 0.5) is 0 Å².